The third-order valence-corrected chi connectivity index (χ3v) is 5.19. The van der Waals surface area contributed by atoms with E-state index >= 15 is 0 Å². The van der Waals surface area contributed by atoms with Gasteiger partial charge < -0.3 is 0 Å². The van der Waals surface area contributed by atoms with Crippen LogP contribution in [0.1, 0.15) is 45.7 Å². The van der Waals surface area contributed by atoms with Gasteiger partial charge in [-0.1, -0.05) is 38.1 Å². The predicted molar refractivity (Wildman–Crippen MR) is 86.5 cm³/mol. The zero-order valence-corrected chi connectivity index (χ0v) is 13.6. The Bertz CT molecular complexity index is 517. The molecule has 1 aromatic carbocycles. The van der Waals surface area contributed by atoms with Crippen molar-refractivity contribution in [2.75, 3.05) is 0 Å². The van der Waals surface area contributed by atoms with Crippen LogP contribution in [-0.4, -0.2) is 0 Å². The lowest BCUT2D eigenvalue weighted by atomic mass is 10.0. The minimum atomic E-state index is -0.0227. The Labute approximate surface area is 125 Å². The Morgan fingerprint density at radius 1 is 1.11 bits per heavy atom. The van der Waals surface area contributed by atoms with Crippen LogP contribution in [0.25, 0.3) is 0 Å². The van der Waals surface area contributed by atoms with E-state index < -0.39 is 0 Å². The van der Waals surface area contributed by atoms with Crippen LogP contribution in [-0.2, 0) is 6.42 Å². The third kappa shape index (κ3) is 3.61. The van der Waals surface area contributed by atoms with Gasteiger partial charge in [-0.05, 0) is 48.9 Å². The first-order valence-electron chi connectivity index (χ1n) is 6.77. The summed E-state index contributed by atoms with van der Waals surface area (Å²) < 4.78 is 0. The molecule has 0 saturated heterocycles. The van der Waals surface area contributed by atoms with Crippen molar-refractivity contribution >= 4 is 22.9 Å². The summed E-state index contributed by atoms with van der Waals surface area (Å²) in [7, 11) is 0. The maximum absolute atomic E-state index is 6.59. The lowest BCUT2D eigenvalue weighted by Crippen LogP contribution is -1.95. The first-order chi connectivity index (χ1) is 8.97. The molecule has 2 heteroatoms. The summed E-state index contributed by atoms with van der Waals surface area (Å²) in [5.41, 5.74) is 3.92. The van der Waals surface area contributed by atoms with Gasteiger partial charge in [0.15, 0.2) is 0 Å². The summed E-state index contributed by atoms with van der Waals surface area (Å²) >= 11 is 8.39. The highest BCUT2D eigenvalue weighted by Crippen LogP contribution is 2.35. The van der Waals surface area contributed by atoms with Gasteiger partial charge in [0.2, 0.25) is 0 Å². The third-order valence-electron chi connectivity index (χ3n) is 3.35. The van der Waals surface area contributed by atoms with Gasteiger partial charge in [0.1, 0.15) is 0 Å². The van der Waals surface area contributed by atoms with Crippen LogP contribution in [0.4, 0.5) is 0 Å². The van der Waals surface area contributed by atoms with Gasteiger partial charge in [0, 0.05) is 9.75 Å². The van der Waals surface area contributed by atoms with Gasteiger partial charge >= 0.3 is 0 Å². The molecule has 0 aliphatic rings. The standard InChI is InChI=1S/C17H21ClS/c1-11(2)9-14-5-7-15(8-6-14)17(18)16-10-12(3)13(4)19-16/h5-8,10-11,17H,9H2,1-4H3. The van der Waals surface area contributed by atoms with Gasteiger partial charge in [0.05, 0.1) is 5.38 Å². The van der Waals surface area contributed by atoms with Crippen LogP contribution >= 0.6 is 22.9 Å². The van der Waals surface area contributed by atoms with E-state index in [1.54, 1.807) is 11.3 Å². The Morgan fingerprint density at radius 2 is 1.74 bits per heavy atom. The minimum absolute atomic E-state index is 0.0227. The molecule has 0 radical (unpaired) electrons. The average molecular weight is 293 g/mol. The molecule has 2 rings (SSSR count). The second kappa shape index (κ2) is 6.11. The fourth-order valence-electron chi connectivity index (χ4n) is 2.19. The number of hydrogen-bond acceptors (Lipinski definition) is 1. The summed E-state index contributed by atoms with van der Waals surface area (Å²) in [6.45, 7) is 8.79. The van der Waals surface area contributed by atoms with Crippen molar-refractivity contribution in [3.8, 4) is 0 Å². The maximum atomic E-state index is 6.59. The molecule has 0 spiro atoms. The Hall–Kier alpha value is -0.790. The monoisotopic (exact) mass is 292 g/mol. The molecule has 0 saturated carbocycles. The van der Waals surface area contributed by atoms with E-state index in [0.717, 1.165) is 6.42 Å². The molecule has 102 valence electrons. The predicted octanol–water partition coefficient (Wildman–Crippen LogP) is 5.89. The summed E-state index contributed by atoms with van der Waals surface area (Å²) in [4.78, 5) is 2.60. The van der Waals surface area contributed by atoms with E-state index in [1.807, 2.05) is 0 Å². The van der Waals surface area contributed by atoms with Crippen molar-refractivity contribution in [1.29, 1.82) is 0 Å². The largest absolute Gasteiger partial charge is 0.143 e. The molecule has 0 bridgehead atoms. The van der Waals surface area contributed by atoms with Crippen LogP contribution in [0.3, 0.4) is 0 Å². The van der Waals surface area contributed by atoms with Crippen molar-refractivity contribution in [3.05, 3.63) is 56.8 Å². The van der Waals surface area contributed by atoms with Crippen molar-refractivity contribution in [2.45, 2.75) is 39.5 Å². The number of rotatable bonds is 4. The van der Waals surface area contributed by atoms with E-state index in [2.05, 4.69) is 58.0 Å². The zero-order valence-electron chi connectivity index (χ0n) is 12.0. The second-order valence-electron chi connectivity index (χ2n) is 5.59. The van der Waals surface area contributed by atoms with E-state index in [-0.39, 0.29) is 5.38 Å². The van der Waals surface area contributed by atoms with Crippen molar-refractivity contribution < 1.29 is 0 Å². The van der Waals surface area contributed by atoms with Gasteiger partial charge in [-0.2, -0.15) is 0 Å². The quantitative estimate of drug-likeness (QED) is 0.616. The number of halogens is 1. The van der Waals surface area contributed by atoms with Crippen molar-refractivity contribution in [2.24, 2.45) is 5.92 Å². The lowest BCUT2D eigenvalue weighted by Gasteiger charge is -2.10. The molecule has 1 aromatic heterocycles. The SMILES string of the molecule is Cc1cc(C(Cl)c2ccc(CC(C)C)cc2)sc1C. The smallest absolute Gasteiger partial charge is 0.0927 e. The number of aryl methyl sites for hydroxylation is 2. The highest BCUT2D eigenvalue weighted by atomic mass is 35.5. The second-order valence-corrected chi connectivity index (χ2v) is 7.31. The molecule has 0 N–H and O–H groups in total. The minimum Gasteiger partial charge on any atom is -0.143 e. The molecule has 1 atom stereocenters. The first kappa shape index (κ1) is 14.6. The molecule has 0 fully saturated rings. The van der Waals surface area contributed by atoms with Crippen molar-refractivity contribution in [3.63, 3.8) is 0 Å². The topological polar surface area (TPSA) is 0 Å². The van der Waals surface area contributed by atoms with Crippen LogP contribution < -0.4 is 0 Å². The summed E-state index contributed by atoms with van der Waals surface area (Å²) in [6, 6.07) is 11.0. The molecule has 19 heavy (non-hydrogen) atoms. The Balaban J connectivity index is 2.17. The molecule has 0 nitrogen and oxygen atoms in total. The van der Waals surface area contributed by atoms with Crippen LogP contribution in [0.5, 0.6) is 0 Å². The normalized spacial score (nSPS) is 12.9. The van der Waals surface area contributed by atoms with Crippen LogP contribution in [0, 0.1) is 19.8 Å². The Kier molecular flexibility index (Phi) is 4.70. The number of benzene rings is 1. The fourth-order valence-corrected chi connectivity index (χ4v) is 3.58. The van der Waals surface area contributed by atoms with E-state index in [9.17, 15) is 0 Å². The van der Waals surface area contributed by atoms with Crippen molar-refractivity contribution in [1.82, 2.24) is 0 Å². The molecule has 0 aliphatic heterocycles. The average Bonchev–Trinajstić information content (AvgIpc) is 2.69. The van der Waals surface area contributed by atoms with E-state index in [4.69, 9.17) is 11.6 Å². The number of hydrogen-bond donors (Lipinski definition) is 0. The van der Waals surface area contributed by atoms with Gasteiger partial charge in [0.25, 0.3) is 0 Å². The van der Waals surface area contributed by atoms with Gasteiger partial charge in [-0.3, -0.25) is 0 Å². The zero-order chi connectivity index (χ0) is 14.0. The molecule has 1 unspecified atom stereocenters. The summed E-state index contributed by atoms with van der Waals surface area (Å²) in [5, 5.41) is -0.0227. The molecule has 2 aromatic rings. The highest BCUT2D eigenvalue weighted by Gasteiger charge is 2.14. The number of thiophene rings is 1. The number of alkyl halides is 1. The van der Waals surface area contributed by atoms with E-state index in [1.165, 1.54) is 26.4 Å². The maximum Gasteiger partial charge on any atom is 0.0927 e. The lowest BCUT2D eigenvalue weighted by molar-refractivity contribution is 0.647. The highest BCUT2D eigenvalue weighted by molar-refractivity contribution is 7.12. The van der Waals surface area contributed by atoms with E-state index in [0.29, 0.717) is 5.92 Å². The van der Waals surface area contributed by atoms with Crippen LogP contribution in [0.2, 0.25) is 0 Å². The summed E-state index contributed by atoms with van der Waals surface area (Å²) in [6.07, 6.45) is 1.13. The molecule has 1 heterocycles. The fraction of sp³-hybridized carbons (Fsp3) is 0.412. The molecular weight excluding hydrogens is 272 g/mol. The van der Waals surface area contributed by atoms with Gasteiger partial charge in [-0.25, -0.2) is 0 Å². The molecule has 0 aliphatic carbocycles. The summed E-state index contributed by atoms with van der Waals surface area (Å²) in [5.74, 6) is 0.695. The first-order valence-corrected chi connectivity index (χ1v) is 8.02. The van der Waals surface area contributed by atoms with Crippen LogP contribution in [0.15, 0.2) is 30.3 Å². The van der Waals surface area contributed by atoms with Gasteiger partial charge in [-0.15, -0.1) is 22.9 Å². The Morgan fingerprint density at radius 3 is 2.21 bits per heavy atom. The molecule has 0 amide bonds. The molecular formula is C17H21ClS.